The summed E-state index contributed by atoms with van der Waals surface area (Å²) in [6.07, 6.45) is 9.23. The molecule has 0 aromatic carbocycles. The fourth-order valence-electron chi connectivity index (χ4n) is 5.24. The monoisotopic (exact) mass is 449 g/mol. The summed E-state index contributed by atoms with van der Waals surface area (Å²) < 4.78 is 11.3. The summed E-state index contributed by atoms with van der Waals surface area (Å²) in [6, 6.07) is 0.0897. The Hall–Kier alpha value is -1.70. The number of nitrogens with one attached hydrogen (secondary N) is 1. The van der Waals surface area contributed by atoms with Crippen LogP contribution in [0.4, 0.5) is 0 Å². The number of thioether (sulfide) groups is 1. The molecule has 3 saturated carbocycles. The number of nitrogens with two attached hydrogens (primary N) is 1. The molecule has 1 aromatic rings. The Kier molecular flexibility index (Phi) is 6.56. The predicted molar refractivity (Wildman–Crippen MR) is 119 cm³/mol. The first kappa shape index (κ1) is 22.5. The Bertz CT molecular complexity index is 808. The molecule has 1 heterocycles. The van der Waals surface area contributed by atoms with E-state index >= 15 is 0 Å². The van der Waals surface area contributed by atoms with Gasteiger partial charge >= 0.3 is 0 Å². The fourth-order valence-corrected chi connectivity index (χ4v) is 6.15. The Morgan fingerprint density at radius 3 is 2.48 bits per heavy atom. The third kappa shape index (κ3) is 5.04. The lowest BCUT2D eigenvalue weighted by Gasteiger charge is -2.41. The highest BCUT2D eigenvalue weighted by atomic mass is 32.2. The van der Waals surface area contributed by atoms with Gasteiger partial charge in [0, 0.05) is 11.3 Å². The first-order valence-corrected chi connectivity index (χ1v) is 12.6. The van der Waals surface area contributed by atoms with Crippen LogP contribution in [0, 0.1) is 23.2 Å². The van der Waals surface area contributed by atoms with Crippen molar-refractivity contribution < 1.29 is 18.8 Å². The van der Waals surface area contributed by atoms with E-state index in [0.717, 1.165) is 24.7 Å². The van der Waals surface area contributed by atoms with Gasteiger partial charge in [-0.1, -0.05) is 33.1 Å². The van der Waals surface area contributed by atoms with Gasteiger partial charge in [0.2, 0.25) is 11.7 Å². The van der Waals surface area contributed by atoms with Crippen LogP contribution in [0.3, 0.4) is 0 Å². The summed E-state index contributed by atoms with van der Waals surface area (Å²) in [7, 11) is 0. The van der Waals surface area contributed by atoms with E-state index < -0.39 is 5.41 Å². The van der Waals surface area contributed by atoms with Gasteiger partial charge in [-0.05, 0) is 61.9 Å². The molecule has 31 heavy (non-hydrogen) atoms. The van der Waals surface area contributed by atoms with E-state index in [4.69, 9.17) is 15.0 Å². The standard InChI is InChI=1S/C23H35N3O4S/c1-13(2)31-19-18(30-26-21(19)29-12-23(7-8-23)22(24)28)20(27)25-14(3)17-10-15-5-4-6-16(9-15)11-17/h13-17H,4-12H2,1-3H3,(H2,24,28)(H,25,27). The Morgan fingerprint density at radius 1 is 1.23 bits per heavy atom. The van der Waals surface area contributed by atoms with E-state index in [1.807, 2.05) is 13.8 Å². The summed E-state index contributed by atoms with van der Waals surface area (Å²) in [5, 5.41) is 7.40. The van der Waals surface area contributed by atoms with Crippen molar-refractivity contribution >= 4 is 23.6 Å². The largest absolute Gasteiger partial charge is 0.474 e. The van der Waals surface area contributed by atoms with Crippen molar-refractivity contribution in [2.24, 2.45) is 28.9 Å². The third-order valence-electron chi connectivity index (χ3n) is 7.27. The van der Waals surface area contributed by atoms with Crippen LogP contribution in [-0.4, -0.2) is 34.9 Å². The van der Waals surface area contributed by atoms with E-state index in [1.165, 1.54) is 50.3 Å². The quantitative estimate of drug-likeness (QED) is 0.548. The zero-order valence-electron chi connectivity index (χ0n) is 18.8. The van der Waals surface area contributed by atoms with Crippen molar-refractivity contribution in [2.45, 2.75) is 88.3 Å². The number of ether oxygens (including phenoxy) is 1. The summed E-state index contributed by atoms with van der Waals surface area (Å²) in [5.74, 6) is 2.01. The molecule has 1 aromatic heterocycles. The molecule has 7 nitrogen and oxygen atoms in total. The molecule has 3 aliphatic carbocycles. The molecule has 4 rings (SSSR count). The molecule has 3 aliphatic rings. The third-order valence-corrected chi connectivity index (χ3v) is 8.34. The molecule has 0 spiro atoms. The van der Waals surface area contributed by atoms with Gasteiger partial charge in [0.05, 0.1) is 5.41 Å². The molecule has 172 valence electrons. The Labute approximate surface area is 188 Å². The number of carbonyl (C=O) groups is 2. The highest BCUT2D eigenvalue weighted by molar-refractivity contribution is 8.00. The molecule has 3 N–H and O–H groups in total. The lowest BCUT2D eigenvalue weighted by atomic mass is 9.66. The van der Waals surface area contributed by atoms with Crippen molar-refractivity contribution in [1.82, 2.24) is 10.5 Å². The first-order chi connectivity index (χ1) is 14.8. The number of hydrogen-bond donors (Lipinski definition) is 2. The topological polar surface area (TPSA) is 107 Å². The minimum atomic E-state index is -0.602. The summed E-state index contributed by atoms with van der Waals surface area (Å²) >= 11 is 1.48. The second-order valence-corrected chi connectivity index (χ2v) is 11.7. The van der Waals surface area contributed by atoms with Gasteiger partial charge in [-0.3, -0.25) is 9.59 Å². The van der Waals surface area contributed by atoms with E-state index in [9.17, 15) is 9.59 Å². The summed E-state index contributed by atoms with van der Waals surface area (Å²) in [6.45, 7) is 6.36. The van der Waals surface area contributed by atoms with Gasteiger partial charge in [-0.15, -0.1) is 11.8 Å². The van der Waals surface area contributed by atoms with Crippen molar-refractivity contribution in [3.63, 3.8) is 0 Å². The molecule has 0 radical (unpaired) electrons. The number of carbonyl (C=O) groups excluding carboxylic acids is 2. The average molecular weight is 450 g/mol. The number of amides is 2. The number of primary amides is 1. The number of nitrogens with zero attached hydrogens (tertiary/aromatic N) is 1. The van der Waals surface area contributed by atoms with E-state index in [1.54, 1.807) is 0 Å². The van der Waals surface area contributed by atoms with Gasteiger partial charge in [0.1, 0.15) is 11.5 Å². The molecule has 2 bridgehead atoms. The smallest absolute Gasteiger partial charge is 0.291 e. The van der Waals surface area contributed by atoms with E-state index in [-0.39, 0.29) is 41.4 Å². The van der Waals surface area contributed by atoms with Crippen molar-refractivity contribution in [3.05, 3.63) is 5.76 Å². The number of rotatable bonds is 9. The highest BCUT2D eigenvalue weighted by Gasteiger charge is 2.50. The van der Waals surface area contributed by atoms with Gasteiger partial charge in [0.15, 0.2) is 0 Å². The number of fused-ring (bicyclic) bond motifs is 2. The predicted octanol–water partition coefficient (Wildman–Crippen LogP) is 4.15. The molecule has 8 heteroatoms. The van der Waals surface area contributed by atoms with E-state index in [0.29, 0.717) is 10.8 Å². The second-order valence-electron chi connectivity index (χ2n) is 10.1. The van der Waals surface area contributed by atoms with Gasteiger partial charge in [-0.2, -0.15) is 0 Å². The number of aromatic nitrogens is 1. The lowest BCUT2D eigenvalue weighted by molar-refractivity contribution is -0.124. The Morgan fingerprint density at radius 2 is 1.90 bits per heavy atom. The van der Waals surface area contributed by atoms with Crippen molar-refractivity contribution in [2.75, 3.05) is 6.61 Å². The van der Waals surface area contributed by atoms with Crippen LogP contribution in [0.5, 0.6) is 5.88 Å². The summed E-state index contributed by atoms with van der Waals surface area (Å²) in [4.78, 5) is 25.3. The zero-order valence-corrected chi connectivity index (χ0v) is 19.6. The van der Waals surface area contributed by atoms with Crippen LogP contribution >= 0.6 is 11.8 Å². The maximum atomic E-state index is 13.1. The second kappa shape index (κ2) is 9.04. The molecular formula is C23H35N3O4S. The minimum Gasteiger partial charge on any atom is -0.474 e. The maximum Gasteiger partial charge on any atom is 0.291 e. The molecule has 0 aliphatic heterocycles. The van der Waals surface area contributed by atoms with Gasteiger partial charge < -0.3 is 20.3 Å². The molecule has 0 saturated heterocycles. The molecule has 3 unspecified atom stereocenters. The normalized spacial score (nSPS) is 27.5. The van der Waals surface area contributed by atoms with Crippen LogP contribution in [-0.2, 0) is 4.79 Å². The van der Waals surface area contributed by atoms with E-state index in [2.05, 4.69) is 17.4 Å². The fraction of sp³-hybridized carbons (Fsp3) is 0.783. The molecule has 3 fully saturated rings. The van der Waals surface area contributed by atoms with Gasteiger partial charge in [0.25, 0.3) is 11.8 Å². The van der Waals surface area contributed by atoms with Crippen LogP contribution < -0.4 is 15.8 Å². The first-order valence-electron chi connectivity index (χ1n) is 11.7. The molecule has 2 amide bonds. The average Bonchev–Trinajstić information content (AvgIpc) is 3.41. The van der Waals surface area contributed by atoms with Crippen LogP contribution in [0.25, 0.3) is 0 Å². The Balaban J connectivity index is 1.43. The van der Waals surface area contributed by atoms with Crippen LogP contribution in [0.15, 0.2) is 9.42 Å². The maximum absolute atomic E-state index is 13.1. The zero-order chi connectivity index (χ0) is 22.2. The summed E-state index contributed by atoms with van der Waals surface area (Å²) in [5.41, 5.74) is 4.89. The van der Waals surface area contributed by atoms with Crippen LogP contribution in [0.2, 0.25) is 0 Å². The highest BCUT2D eigenvalue weighted by Crippen LogP contribution is 2.46. The van der Waals surface area contributed by atoms with Crippen molar-refractivity contribution in [1.29, 1.82) is 0 Å². The number of hydrogen-bond acceptors (Lipinski definition) is 6. The SMILES string of the molecule is CC(C)Sc1c(OCC2(C(N)=O)CC2)noc1C(=O)NC(C)C1CC2CCCC(C2)C1. The molecule has 3 atom stereocenters. The van der Waals surface area contributed by atoms with Gasteiger partial charge in [-0.25, -0.2) is 0 Å². The van der Waals surface area contributed by atoms with Crippen LogP contribution in [0.1, 0.15) is 82.7 Å². The minimum absolute atomic E-state index is 0.0897. The van der Waals surface area contributed by atoms with Crippen molar-refractivity contribution in [3.8, 4) is 5.88 Å². The molecular weight excluding hydrogens is 414 g/mol. The lowest BCUT2D eigenvalue weighted by Crippen LogP contribution is -2.42.